The van der Waals surface area contributed by atoms with Gasteiger partial charge in [0.05, 0.1) is 11.2 Å². The number of rotatable bonds is 9. The van der Waals surface area contributed by atoms with Gasteiger partial charge in [-0.1, -0.05) is 15.9 Å². The van der Waals surface area contributed by atoms with E-state index in [1.165, 1.54) is 12.1 Å². The minimum atomic E-state index is -3.59. The Bertz CT molecular complexity index is 746. The van der Waals surface area contributed by atoms with Gasteiger partial charge in [-0.2, -0.15) is 0 Å². The summed E-state index contributed by atoms with van der Waals surface area (Å²) in [5.41, 5.74) is 0. The predicted molar refractivity (Wildman–Crippen MR) is 93.8 cm³/mol. The summed E-state index contributed by atoms with van der Waals surface area (Å²) in [4.78, 5) is 15.8. The molecule has 1 heterocycles. The number of imidazole rings is 1. The third-order valence-electron chi connectivity index (χ3n) is 3.24. The maximum Gasteiger partial charge on any atom is 0.240 e. The molecule has 1 aromatic carbocycles. The lowest BCUT2D eigenvalue weighted by atomic mass is 10.3. The average molecular weight is 415 g/mol. The molecule has 0 radical (unpaired) electrons. The van der Waals surface area contributed by atoms with Gasteiger partial charge in [0.2, 0.25) is 15.9 Å². The zero-order valence-electron chi connectivity index (χ0n) is 13.0. The fraction of sp³-hybridized carbons (Fsp3) is 0.333. The quantitative estimate of drug-likeness (QED) is 0.608. The van der Waals surface area contributed by atoms with E-state index in [2.05, 4.69) is 31.0 Å². The van der Waals surface area contributed by atoms with Gasteiger partial charge in [-0.15, -0.1) is 0 Å². The minimum absolute atomic E-state index is 0.0613. The Morgan fingerprint density at radius 2 is 1.96 bits per heavy atom. The van der Waals surface area contributed by atoms with Crippen molar-refractivity contribution < 1.29 is 13.2 Å². The summed E-state index contributed by atoms with van der Waals surface area (Å²) in [6, 6.07) is 6.31. The number of carbonyl (C=O) groups is 1. The van der Waals surface area contributed by atoms with Crippen LogP contribution in [0.1, 0.15) is 12.8 Å². The molecule has 0 saturated heterocycles. The predicted octanol–water partition coefficient (Wildman–Crippen LogP) is 1.52. The number of nitrogens with one attached hydrogen (secondary N) is 2. The Kier molecular flexibility index (Phi) is 6.95. The van der Waals surface area contributed by atoms with E-state index >= 15 is 0 Å². The second kappa shape index (κ2) is 8.95. The highest BCUT2D eigenvalue weighted by atomic mass is 79.9. The number of hydrogen-bond donors (Lipinski definition) is 2. The second-order valence-corrected chi connectivity index (χ2v) is 7.79. The lowest BCUT2D eigenvalue weighted by Crippen LogP contribution is -2.31. The molecule has 0 aliphatic rings. The molecule has 2 N–H and O–H groups in total. The topological polar surface area (TPSA) is 93.1 Å². The molecule has 0 aliphatic carbocycles. The maximum absolute atomic E-state index is 12.0. The minimum Gasteiger partial charge on any atom is -0.356 e. The molecule has 0 bridgehead atoms. The molecule has 2 rings (SSSR count). The van der Waals surface area contributed by atoms with Crippen molar-refractivity contribution in [2.24, 2.45) is 0 Å². The highest BCUT2D eigenvalue weighted by Gasteiger charge is 2.13. The summed E-state index contributed by atoms with van der Waals surface area (Å²) >= 11 is 3.25. The van der Waals surface area contributed by atoms with E-state index in [1.807, 2.05) is 10.8 Å². The monoisotopic (exact) mass is 414 g/mol. The Morgan fingerprint density at radius 1 is 1.21 bits per heavy atom. The van der Waals surface area contributed by atoms with Gasteiger partial charge in [-0.05, 0) is 30.7 Å². The van der Waals surface area contributed by atoms with E-state index in [9.17, 15) is 13.2 Å². The molecular weight excluding hydrogens is 396 g/mol. The van der Waals surface area contributed by atoms with Crippen LogP contribution < -0.4 is 10.0 Å². The third-order valence-corrected chi connectivity index (χ3v) is 5.25. The molecule has 0 atom stereocenters. The molecule has 1 amide bonds. The summed E-state index contributed by atoms with van der Waals surface area (Å²) in [6.45, 7) is 1.37. The fourth-order valence-corrected chi connectivity index (χ4v) is 3.29. The molecule has 24 heavy (non-hydrogen) atoms. The van der Waals surface area contributed by atoms with E-state index in [4.69, 9.17) is 0 Å². The van der Waals surface area contributed by atoms with Crippen LogP contribution in [0.15, 0.2) is 52.4 Å². The van der Waals surface area contributed by atoms with Gasteiger partial charge >= 0.3 is 0 Å². The number of benzene rings is 1. The molecule has 130 valence electrons. The molecule has 0 unspecified atom stereocenters. The van der Waals surface area contributed by atoms with Crippen LogP contribution in [0.5, 0.6) is 0 Å². The van der Waals surface area contributed by atoms with E-state index in [0.717, 1.165) is 17.4 Å². The molecule has 0 fully saturated rings. The van der Waals surface area contributed by atoms with Gasteiger partial charge in [-0.3, -0.25) is 4.79 Å². The molecule has 7 nitrogen and oxygen atoms in total. The summed E-state index contributed by atoms with van der Waals surface area (Å²) in [6.07, 6.45) is 6.17. The van der Waals surface area contributed by atoms with Crippen molar-refractivity contribution in [2.45, 2.75) is 24.3 Å². The largest absolute Gasteiger partial charge is 0.356 e. The van der Waals surface area contributed by atoms with Crippen molar-refractivity contribution in [3.63, 3.8) is 0 Å². The van der Waals surface area contributed by atoms with Crippen LogP contribution in [0.25, 0.3) is 0 Å². The smallest absolute Gasteiger partial charge is 0.240 e. The van der Waals surface area contributed by atoms with Crippen molar-refractivity contribution in [3.05, 3.63) is 47.5 Å². The van der Waals surface area contributed by atoms with Gasteiger partial charge in [0.25, 0.3) is 0 Å². The summed E-state index contributed by atoms with van der Waals surface area (Å²) in [5, 5.41) is 2.76. The summed E-state index contributed by atoms with van der Waals surface area (Å²) in [7, 11) is -3.59. The second-order valence-electron chi connectivity index (χ2n) is 5.11. The van der Waals surface area contributed by atoms with Gasteiger partial charge in [-0.25, -0.2) is 18.1 Å². The number of nitrogens with zero attached hydrogens (tertiary/aromatic N) is 2. The Hall–Kier alpha value is -1.71. The molecule has 0 aliphatic heterocycles. The van der Waals surface area contributed by atoms with Crippen LogP contribution in [-0.4, -0.2) is 37.0 Å². The van der Waals surface area contributed by atoms with Crippen molar-refractivity contribution in [3.8, 4) is 0 Å². The fourth-order valence-electron chi connectivity index (χ4n) is 1.99. The standard InChI is InChI=1S/C15H19BrN4O3S/c16-13-2-4-14(5-3-13)24(22,23)19-8-6-15(21)18-7-1-10-20-11-9-17-12-20/h2-5,9,11-12,19H,1,6-8,10H2,(H,18,21). The SMILES string of the molecule is O=C(CCNS(=O)(=O)c1ccc(Br)cc1)NCCCn1ccnc1. The molecule has 9 heteroatoms. The Balaban J connectivity index is 1.65. The molecule has 0 saturated carbocycles. The molecular formula is C15H19BrN4O3S. The highest BCUT2D eigenvalue weighted by Crippen LogP contribution is 2.14. The summed E-state index contributed by atoms with van der Waals surface area (Å²) in [5.74, 6) is -0.181. The number of halogens is 1. The first-order valence-corrected chi connectivity index (χ1v) is 9.73. The van der Waals surface area contributed by atoms with Crippen LogP contribution >= 0.6 is 15.9 Å². The van der Waals surface area contributed by atoms with Crippen LogP contribution in [0.4, 0.5) is 0 Å². The van der Waals surface area contributed by atoms with Crippen molar-refractivity contribution in [2.75, 3.05) is 13.1 Å². The first kappa shape index (κ1) is 18.6. The number of amides is 1. The van der Waals surface area contributed by atoms with Crippen LogP contribution in [0.2, 0.25) is 0 Å². The molecule has 0 spiro atoms. The van der Waals surface area contributed by atoms with Gasteiger partial charge < -0.3 is 9.88 Å². The van der Waals surface area contributed by atoms with Gasteiger partial charge in [0, 0.05) is 42.9 Å². The zero-order valence-corrected chi connectivity index (χ0v) is 15.4. The zero-order chi connectivity index (χ0) is 17.4. The lowest BCUT2D eigenvalue weighted by Gasteiger charge is -2.08. The van der Waals surface area contributed by atoms with Crippen LogP contribution in [0.3, 0.4) is 0 Å². The number of aromatic nitrogens is 2. The highest BCUT2D eigenvalue weighted by molar-refractivity contribution is 9.10. The van der Waals surface area contributed by atoms with Crippen molar-refractivity contribution >= 4 is 31.9 Å². The number of aryl methyl sites for hydroxylation is 1. The lowest BCUT2D eigenvalue weighted by molar-refractivity contribution is -0.120. The normalized spacial score (nSPS) is 11.4. The Labute approximate surface area is 149 Å². The van der Waals surface area contributed by atoms with E-state index in [-0.39, 0.29) is 23.8 Å². The Morgan fingerprint density at radius 3 is 2.62 bits per heavy atom. The van der Waals surface area contributed by atoms with E-state index in [0.29, 0.717) is 6.54 Å². The number of sulfonamides is 1. The third kappa shape index (κ3) is 6.06. The van der Waals surface area contributed by atoms with Crippen molar-refractivity contribution in [1.82, 2.24) is 19.6 Å². The number of carbonyl (C=O) groups excluding carboxylic acids is 1. The van der Waals surface area contributed by atoms with Crippen molar-refractivity contribution in [1.29, 1.82) is 0 Å². The maximum atomic E-state index is 12.0. The number of hydrogen-bond acceptors (Lipinski definition) is 4. The average Bonchev–Trinajstić information content (AvgIpc) is 3.05. The van der Waals surface area contributed by atoms with Gasteiger partial charge in [0.15, 0.2) is 0 Å². The van der Waals surface area contributed by atoms with Crippen LogP contribution in [0, 0.1) is 0 Å². The van der Waals surface area contributed by atoms with E-state index in [1.54, 1.807) is 24.7 Å². The van der Waals surface area contributed by atoms with E-state index < -0.39 is 10.0 Å². The molecule has 1 aromatic heterocycles. The first-order valence-electron chi connectivity index (χ1n) is 7.45. The first-order chi connectivity index (χ1) is 11.5. The van der Waals surface area contributed by atoms with Gasteiger partial charge in [0.1, 0.15) is 0 Å². The van der Waals surface area contributed by atoms with Crippen LogP contribution in [-0.2, 0) is 21.4 Å². The summed E-state index contributed by atoms with van der Waals surface area (Å²) < 4.78 is 29.3. The molecule has 2 aromatic rings.